The molecule has 0 aliphatic carbocycles. The zero-order valence-corrected chi connectivity index (χ0v) is 10.7. The highest BCUT2D eigenvalue weighted by atomic mass is 32.2. The number of hydrogen-bond donors (Lipinski definition) is 1. The van der Waals surface area contributed by atoms with Gasteiger partial charge >= 0.3 is 21.3 Å². The minimum atomic E-state index is -5.29. The van der Waals surface area contributed by atoms with E-state index in [-0.39, 0.29) is 13.2 Å². The van der Waals surface area contributed by atoms with Crippen molar-refractivity contribution in [1.82, 2.24) is 0 Å². The number of halogens is 2. The highest BCUT2D eigenvalue weighted by molar-refractivity contribution is 7.88. The van der Waals surface area contributed by atoms with Crippen LogP contribution in [0.3, 0.4) is 0 Å². The van der Waals surface area contributed by atoms with Crippen LogP contribution in [0.1, 0.15) is 25.7 Å². The fourth-order valence-electron chi connectivity index (χ4n) is 1.02. The molecule has 0 aliphatic rings. The molecule has 9 heteroatoms. The van der Waals surface area contributed by atoms with Crippen LogP contribution in [-0.2, 0) is 23.8 Å². The summed E-state index contributed by atoms with van der Waals surface area (Å²) in [6.45, 7) is -0.275. The van der Waals surface area contributed by atoms with Gasteiger partial charge in [-0.1, -0.05) is 6.42 Å². The number of esters is 1. The molecule has 0 saturated carbocycles. The molecule has 18 heavy (non-hydrogen) atoms. The lowest BCUT2D eigenvalue weighted by molar-refractivity contribution is -0.161. The van der Waals surface area contributed by atoms with E-state index in [1.807, 2.05) is 0 Å². The molecule has 0 radical (unpaired) electrons. The average Bonchev–Trinajstić information content (AvgIpc) is 2.32. The smallest absolute Gasteiger partial charge is 0.460 e. The summed E-state index contributed by atoms with van der Waals surface area (Å²) in [5, 5.41) is 3.77. The molecule has 0 aromatic rings. The summed E-state index contributed by atoms with van der Waals surface area (Å²) >= 11 is 0. The summed E-state index contributed by atoms with van der Waals surface area (Å²) in [6, 6.07) is 0. The third-order valence-electron chi connectivity index (χ3n) is 2.06. The van der Waals surface area contributed by atoms with Crippen LogP contribution in [0.15, 0.2) is 0 Å². The standard InChI is InChI=1S/C9H16F2O6S/c1-16-18(14,15)9(10,11)8(13)17-7-5-3-2-4-6-12/h12H,2-7H2,1H3. The molecule has 1 N–H and O–H groups in total. The summed E-state index contributed by atoms with van der Waals surface area (Å²) in [5.41, 5.74) is 0. The molecule has 0 rings (SSSR count). The fraction of sp³-hybridized carbons (Fsp3) is 0.889. The number of alkyl halides is 2. The molecule has 0 aliphatic heterocycles. The summed E-state index contributed by atoms with van der Waals surface area (Å²) in [5.74, 6) is -2.15. The quantitative estimate of drug-likeness (QED) is 0.381. The van der Waals surface area contributed by atoms with Crippen LogP contribution in [-0.4, -0.2) is 45.1 Å². The molecular weight excluding hydrogens is 274 g/mol. The Morgan fingerprint density at radius 1 is 1.22 bits per heavy atom. The third-order valence-corrected chi connectivity index (χ3v) is 3.29. The number of aliphatic hydroxyl groups is 1. The summed E-state index contributed by atoms with van der Waals surface area (Å²) in [6.07, 6.45) is 2.13. The van der Waals surface area contributed by atoms with Gasteiger partial charge in [0, 0.05) is 6.61 Å². The van der Waals surface area contributed by atoms with Crippen molar-refractivity contribution >= 4 is 16.1 Å². The Labute approximate surface area is 104 Å². The van der Waals surface area contributed by atoms with Gasteiger partial charge in [-0.2, -0.15) is 17.2 Å². The first-order valence-electron chi connectivity index (χ1n) is 5.25. The lowest BCUT2D eigenvalue weighted by Crippen LogP contribution is -2.40. The molecule has 0 fully saturated rings. The molecule has 108 valence electrons. The monoisotopic (exact) mass is 290 g/mol. The predicted molar refractivity (Wildman–Crippen MR) is 57.4 cm³/mol. The van der Waals surface area contributed by atoms with Crippen molar-refractivity contribution in [3.8, 4) is 0 Å². The van der Waals surface area contributed by atoms with Crippen LogP contribution in [0.4, 0.5) is 8.78 Å². The molecule has 0 amide bonds. The molecular formula is C9H16F2O6S. The van der Waals surface area contributed by atoms with E-state index in [2.05, 4.69) is 8.92 Å². The highest BCUT2D eigenvalue weighted by Crippen LogP contribution is 2.24. The van der Waals surface area contributed by atoms with Crippen molar-refractivity contribution in [3.05, 3.63) is 0 Å². The van der Waals surface area contributed by atoms with E-state index in [1.165, 1.54) is 0 Å². The van der Waals surface area contributed by atoms with Gasteiger partial charge in [0.15, 0.2) is 0 Å². The van der Waals surface area contributed by atoms with Crippen molar-refractivity contribution in [2.45, 2.75) is 30.9 Å². The van der Waals surface area contributed by atoms with E-state index < -0.39 is 21.3 Å². The van der Waals surface area contributed by atoms with Gasteiger partial charge in [0.25, 0.3) is 0 Å². The Balaban J connectivity index is 4.10. The number of carbonyl (C=O) groups is 1. The Morgan fingerprint density at radius 2 is 1.78 bits per heavy atom. The Hall–Kier alpha value is -0.800. The van der Waals surface area contributed by atoms with Crippen LogP contribution in [0.25, 0.3) is 0 Å². The highest BCUT2D eigenvalue weighted by Gasteiger charge is 2.55. The first-order valence-corrected chi connectivity index (χ1v) is 6.66. The zero-order valence-electron chi connectivity index (χ0n) is 9.90. The number of ether oxygens (including phenoxy) is 1. The molecule has 6 nitrogen and oxygen atoms in total. The molecule has 0 spiro atoms. The number of rotatable bonds is 9. The van der Waals surface area contributed by atoms with E-state index in [0.29, 0.717) is 32.8 Å². The summed E-state index contributed by atoms with van der Waals surface area (Å²) in [4.78, 5) is 10.9. The molecule has 0 atom stereocenters. The van der Waals surface area contributed by atoms with E-state index >= 15 is 0 Å². The van der Waals surface area contributed by atoms with Gasteiger partial charge in [-0.15, -0.1) is 0 Å². The number of aliphatic hydroxyl groups excluding tert-OH is 1. The van der Waals surface area contributed by atoms with Gasteiger partial charge in [-0.25, -0.2) is 4.79 Å². The van der Waals surface area contributed by atoms with Crippen molar-refractivity contribution in [3.63, 3.8) is 0 Å². The van der Waals surface area contributed by atoms with Crippen LogP contribution in [0.5, 0.6) is 0 Å². The summed E-state index contributed by atoms with van der Waals surface area (Å²) < 4.78 is 55.2. The van der Waals surface area contributed by atoms with Crippen LogP contribution in [0, 0.1) is 0 Å². The van der Waals surface area contributed by atoms with Gasteiger partial charge in [0.2, 0.25) is 0 Å². The maximum absolute atomic E-state index is 13.0. The van der Waals surface area contributed by atoms with E-state index in [1.54, 1.807) is 0 Å². The van der Waals surface area contributed by atoms with E-state index in [0.717, 1.165) is 0 Å². The van der Waals surface area contributed by atoms with Crippen LogP contribution < -0.4 is 0 Å². The lowest BCUT2D eigenvalue weighted by atomic mass is 10.2. The van der Waals surface area contributed by atoms with E-state index in [4.69, 9.17) is 5.11 Å². The topological polar surface area (TPSA) is 89.9 Å². The second-order valence-electron chi connectivity index (χ2n) is 3.41. The molecule has 0 saturated heterocycles. The minimum absolute atomic E-state index is 0.0317. The second-order valence-corrected chi connectivity index (χ2v) is 5.17. The number of carbonyl (C=O) groups excluding carboxylic acids is 1. The SMILES string of the molecule is COS(=O)(=O)C(F)(F)C(=O)OCCCCCCO. The van der Waals surface area contributed by atoms with Crippen molar-refractivity contribution in [1.29, 1.82) is 0 Å². The molecule has 0 unspecified atom stereocenters. The Bertz CT molecular complexity index is 354. The molecule has 0 aromatic carbocycles. The Morgan fingerprint density at radius 3 is 2.28 bits per heavy atom. The first kappa shape index (κ1) is 17.2. The summed E-state index contributed by atoms with van der Waals surface area (Å²) in [7, 11) is -4.76. The molecule has 0 aromatic heterocycles. The minimum Gasteiger partial charge on any atom is -0.460 e. The van der Waals surface area contributed by atoms with E-state index in [9.17, 15) is 22.0 Å². The number of hydrogen-bond acceptors (Lipinski definition) is 6. The van der Waals surface area contributed by atoms with Gasteiger partial charge in [0.1, 0.15) is 0 Å². The maximum atomic E-state index is 13.0. The van der Waals surface area contributed by atoms with Gasteiger partial charge < -0.3 is 9.84 Å². The first-order chi connectivity index (χ1) is 8.29. The molecule has 0 heterocycles. The lowest BCUT2D eigenvalue weighted by Gasteiger charge is -2.13. The van der Waals surface area contributed by atoms with Crippen molar-refractivity contribution in [2.75, 3.05) is 20.3 Å². The third kappa shape index (κ3) is 4.83. The van der Waals surface area contributed by atoms with Gasteiger partial charge in [-0.05, 0) is 19.3 Å². The second kappa shape index (κ2) is 7.59. The van der Waals surface area contributed by atoms with Crippen LogP contribution in [0.2, 0.25) is 0 Å². The average molecular weight is 290 g/mol. The number of unbranched alkanes of at least 4 members (excludes halogenated alkanes) is 3. The maximum Gasteiger partial charge on any atom is 0.466 e. The normalized spacial score (nSPS) is 12.4. The van der Waals surface area contributed by atoms with Crippen molar-refractivity contribution < 1.29 is 36.0 Å². The van der Waals surface area contributed by atoms with Crippen LogP contribution >= 0.6 is 0 Å². The zero-order chi connectivity index (χ0) is 14.2. The predicted octanol–water partition coefficient (Wildman–Crippen LogP) is 0.651. The Kier molecular flexibility index (Phi) is 7.26. The fourth-order valence-corrected chi connectivity index (χ4v) is 1.50. The van der Waals surface area contributed by atoms with Gasteiger partial charge in [0.05, 0.1) is 13.7 Å². The van der Waals surface area contributed by atoms with Crippen molar-refractivity contribution in [2.24, 2.45) is 0 Å². The largest absolute Gasteiger partial charge is 0.466 e. The molecule has 0 bridgehead atoms. The van der Waals surface area contributed by atoms with Gasteiger partial charge in [-0.3, -0.25) is 4.18 Å².